The topological polar surface area (TPSA) is 78.4 Å². The summed E-state index contributed by atoms with van der Waals surface area (Å²) in [7, 11) is 0. The van der Waals surface area contributed by atoms with E-state index < -0.39 is 5.97 Å². The summed E-state index contributed by atoms with van der Waals surface area (Å²) >= 11 is 0. The van der Waals surface area contributed by atoms with Crippen LogP contribution in [0.25, 0.3) is 0 Å². The number of rotatable bonds is 10. The van der Waals surface area contributed by atoms with E-state index in [0.717, 1.165) is 25.8 Å². The van der Waals surface area contributed by atoms with Gasteiger partial charge < -0.3 is 15.7 Å². The minimum atomic E-state index is -0.738. The Balaban J connectivity index is 1.99. The number of hydrogen-bond acceptors (Lipinski definition) is 3. The van der Waals surface area contributed by atoms with E-state index in [4.69, 9.17) is 5.11 Å². The van der Waals surface area contributed by atoms with Crippen molar-refractivity contribution in [3.63, 3.8) is 0 Å². The molecule has 1 fully saturated rings. The maximum absolute atomic E-state index is 11.4. The van der Waals surface area contributed by atoms with Crippen molar-refractivity contribution in [2.75, 3.05) is 13.1 Å². The summed E-state index contributed by atoms with van der Waals surface area (Å²) in [6.45, 7) is 5.67. The molecule has 1 rings (SSSR count). The van der Waals surface area contributed by atoms with Crippen LogP contribution < -0.4 is 10.6 Å². The zero-order valence-corrected chi connectivity index (χ0v) is 12.0. The highest BCUT2D eigenvalue weighted by Gasteiger charge is 2.22. The Morgan fingerprint density at radius 3 is 2.42 bits per heavy atom. The first-order valence-electron chi connectivity index (χ1n) is 7.11. The minimum absolute atomic E-state index is 0.0294. The first-order chi connectivity index (χ1) is 8.89. The molecule has 0 aromatic carbocycles. The second kappa shape index (κ2) is 7.48. The molecule has 1 saturated carbocycles. The van der Waals surface area contributed by atoms with Crippen molar-refractivity contribution in [2.45, 2.75) is 58.4 Å². The van der Waals surface area contributed by atoms with Gasteiger partial charge in [-0.05, 0) is 37.6 Å². The number of aliphatic carboxylic acids is 1. The zero-order chi connectivity index (χ0) is 14.3. The lowest BCUT2D eigenvalue weighted by atomic mass is 9.84. The summed E-state index contributed by atoms with van der Waals surface area (Å²) in [5.74, 6) is -0.613. The molecule has 0 bridgehead atoms. The smallest absolute Gasteiger partial charge is 0.303 e. The maximum Gasteiger partial charge on any atom is 0.303 e. The van der Waals surface area contributed by atoms with Crippen molar-refractivity contribution in [1.82, 2.24) is 10.6 Å². The Morgan fingerprint density at radius 2 is 1.84 bits per heavy atom. The Kier molecular flexibility index (Phi) is 6.28. The molecule has 0 heterocycles. The minimum Gasteiger partial charge on any atom is -0.481 e. The molecule has 110 valence electrons. The third-order valence-electron chi connectivity index (χ3n) is 3.47. The molecule has 5 heteroatoms. The number of carbonyl (C=O) groups excluding carboxylic acids is 1. The number of carbonyl (C=O) groups is 2. The van der Waals surface area contributed by atoms with Crippen LogP contribution in [0.3, 0.4) is 0 Å². The van der Waals surface area contributed by atoms with E-state index in [1.54, 1.807) is 0 Å². The second-order valence-electron chi connectivity index (χ2n) is 6.15. The van der Waals surface area contributed by atoms with Crippen LogP contribution in [0.1, 0.15) is 52.4 Å². The number of carboxylic acids is 1. The monoisotopic (exact) mass is 270 g/mol. The van der Waals surface area contributed by atoms with Gasteiger partial charge in [0.05, 0.1) is 0 Å². The number of amides is 1. The number of carboxylic acid groups (broad SMARTS) is 1. The van der Waals surface area contributed by atoms with Crippen molar-refractivity contribution in [1.29, 1.82) is 0 Å². The maximum atomic E-state index is 11.4. The Morgan fingerprint density at radius 1 is 1.16 bits per heavy atom. The van der Waals surface area contributed by atoms with E-state index in [9.17, 15) is 9.59 Å². The van der Waals surface area contributed by atoms with E-state index >= 15 is 0 Å². The molecule has 19 heavy (non-hydrogen) atoms. The molecule has 0 spiro atoms. The molecule has 0 unspecified atom stereocenters. The summed E-state index contributed by atoms with van der Waals surface area (Å²) in [4.78, 5) is 21.9. The van der Waals surface area contributed by atoms with Crippen LogP contribution in [0.2, 0.25) is 0 Å². The lowest BCUT2D eigenvalue weighted by Gasteiger charge is -2.23. The lowest BCUT2D eigenvalue weighted by Crippen LogP contribution is -2.30. The Hall–Kier alpha value is -1.10. The standard InChI is InChI=1S/C14H26N2O3/c1-14(2,7-5-13(18)19)8-10-15-9-6-12(17)16-11-3-4-11/h11,15H,3-10H2,1-2H3,(H,16,17)(H,18,19). The fourth-order valence-electron chi connectivity index (χ4n) is 1.85. The summed E-state index contributed by atoms with van der Waals surface area (Å²) < 4.78 is 0. The first kappa shape index (κ1) is 16.0. The van der Waals surface area contributed by atoms with Crippen LogP contribution in [0.5, 0.6) is 0 Å². The highest BCUT2D eigenvalue weighted by molar-refractivity contribution is 5.76. The summed E-state index contributed by atoms with van der Waals surface area (Å²) in [6.07, 6.45) is 4.59. The van der Waals surface area contributed by atoms with Crippen molar-refractivity contribution < 1.29 is 14.7 Å². The lowest BCUT2D eigenvalue weighted by molar-refractivity contribution is -0.137. The Bertz CT molecular complexity index is 312. The summed E-state index contributed by atoms with van der Waals surface area (Å²) in [5.41, 5.74) is 0.0294. The normalized spacial score (nSPS) is 15.3. The highest BCUT2D eigenvalue weighted by atomic mass is 16.4. The molecule has 1 aliphatic carbocycles. The van der Waals surface area contributed by atoms with Crippen LogP contribution in [0.4, 0.5) is 0 Å². The largest absolute Gasteiger partial charge is 0.481 e. The van der Waals surface area contributed by atoms with Gasteiger partial charge in [-0.25, -0.2) is 0 Å². The average Bonchev–Trinajstić information content (AvgIpc) is 3.10. The van der Waals surface area contributed by atoms with Crippen LogP contribution in [-0.4, -0.2) is 36.1 Å². The summed E-state index contributed by atoms with van der Waals surface area (Å²) in [5, 5.41) is 14.9. The van der Waals surface area contributed by atoms with E-state index in [-0.39, 0.29) is 17.7 Å². The van der Waals surface area contributed by atoms with Gasteiger partial charge in [0.1, 0.15) is 0 Å². The van der Waals surface area contributed by atoms with Gasteiger partial charge in [-0.1, -0.05) is 13.8 Å². The molecule has 0 radical (unpaired) electrons. The van der Waals surface area contributed by atoms with E-state index in [1.807, 2.05) is 0 Å². The third kappa shape index (κ3) is 8.59. The van der Waals surface area contributed by atoms with E-state index in [2.05, 4.69) is 24.5 Å². The van der Waals surface area contributed by atoms with Gasteiger partial charge in [0.25, 0.3) is 0 Å². The molecule has 0 aromatic rings. The first-order valence-corrected chi connectivity index (χ1v) is 7.11. The van der Waals surface area contributed by atoms with Crippen molar-refractivity contribution in [3.8, 4) is 0 Å². The SMILES string of the molecule is CC(C)(CCNCCC(=O)NC1CC1)CCC(=O)O. The molecule has 1 amide bonds. The van der Waals surface area contributed by atoms with Gasteiger partial charge in [-0.15, -0.1) is 0 Å². The molecule has 0 aliphatic heterocycles. The quantitative estimate of drug-likeness (QED) is 0.526. The fraction of sp³-hybridized carbons (Fsp3) is 0.857. The van der Waals surface area contributed by atoms with Crippen LogP contribution in [-0.2, 0) is 9.59 Å². The van der Waals surface area contributed by atoms with Gasteiger partial charge in [0, 0.05) is 25.4 Å². The average molecular weight is 270 g/mol. The van der Waals surface area contributed by atoms with Crippen molar-refractivity contribution >= 4 is 11.9 Å². The van der Waals surface area contributed by atoms with Crippen molar-refractivity contribution in [3.05, 3.63) is 0 Å². The van der Waals surface area contributed by atoms with Crippen LogP contribution in [0.15, 0.2) is 0 Å². The fourth-order valence-corrected chi connectivity index (χ4v) is 1.85. The number of nitrogens with one attached hydrogen (secondary N) is 2. The summed E-state index contributed by atoms with van der Waals surface area (Å²) in [6, 6.07) is 0.433. The Labute approximate surface area is 115 Å². The predicted octanol–water partition coefficient (Wildman–Crippen LogP) is 1.53. The molecule has 1 aliphatic rings. The van der Waals surface area contributed by atoms with Gasteiger partial charge >= 0.3 is 5.97 Å². The molecule has 0 atom stereocenters. The van der Waals surface area contributed by atoms with Crippen molar-refractivity contribution in [2.24, 2.45) is 5.41 Å². The van der Waals surface area contributed by atoms with Gasteiger partial charge in [-0.2, -0.15) is 0 Å². The molecule has 5 nitrogen and oxygen atoms in total. The third-order valence-corrected chi connectivity index (χ3v) is 3.47. The van der Waals surface area contributed by atoms with E-state index in [1.165, 1.54) is 0 Å². The molecule has 0 saturated heterocycles. The van der Waals surface area contributed by atoms with Gasteiger partial charge in [0.2, 0.25) is 5.91 Å². The number of hydrogen-bond donors (Lipinski definition) is 3. The predicted molar refractivity (Wildman–Crippen MR) is 73.9 cm³/mol. The second-order valence-corrected chi connectivity index (χ2v) is 6.15. The molecular formula is C14H26N2O3. The highest BCUT2D eigenvalue weighted by Crippen LogP contribution is 2.25. The molecule has 3 N–H and O–H groups in total. The van der Waals surface area contributed by atoms with Gasteiger partial charge in [0.15, 0.2) is 0 Å². The molecule has 0 aromatic heterocycles. The molecular weight excluding hydrogens is 244 g/mol. The van der Waals surface area contributed by atoms with E-state index in [0.29, 0.717) is 25.4 Å². The van der Waals surface area contributed by atoms with Crippen LogP contribution >= 0.6 is 0 Å². The zero-order valence-electron chi connectivity index (χ0n) is 12.0. The van der Waals surface area contributed by atoms with Gasteiger partial charge in [-0.3, -0.25) is 9.59 Å². The van der Waals surface area contributed by atoms with Crippen LogP contribution in [0, 0.1) is 5.41 Å².